The quantitative estimate of drug-likeness (QED) is 0.115. The van der Waals surface area contributed by atoms with E-state index in [9.17, 15) is 35.9 Å². The van der Waals surface area contributed by atoms with Crippen molar-refractivity contribution in [3.05, 3.63) is 112 Å². The van der Waals surface area contributed by atoms with Crippen molar-refractivity contribution in [2.24, 2.45) is 0 Å². The van der Waals surface area contributed by atoms with Gasteiger partial charge in [0.05, 0.1) is 48.0 Å². The molecule has 9 nitrogen and oxygen atoms in total. The molecule has 57 heavy (non-hydrogen) atoms. The summed E-state index contributed by atoms with van der Waals surface area (Å²) in [5.41, 5.74) is 1.50. The lowest BCUT2D eigenvalue weighted by Crippen LogP contribution is -2.61. The van der Waals surface area contributed by atoms with Crippen LogP contribution in [0, 0.1) is 0 Å². The topological polar surface area (TPSA) is 86.8 Å². The van der Waals surface area contributed by atoms with E-state index in [1.807, 2.05) is 0 Å². The molecule has 4 aromatic rings. The number of amides is 2. The predicted molar refractivity (Wildman–Crippen MR) is 202 cm³/mol. The third-order valence-electron chi connectivity index (χ3n) is 9.09. The number of hydrogen-bond donors (Lipinski definition) is 0. The molecule has 0 aliphatic carbocycles. The molecule has 2 fully saturated rings. The fraction of sp³-hybridized carbons (Fsp3) is 0.333. The number of rotatable bonds is 14. The average molecular weight is 857 g/mol. The Bertz CT molecular complexity index is 2070. The van der Waals surface area contributed by atoms with E-state index < -0.39 is 45.8 Å². The van der Waals surface area contributed by atoms with E-state index in [0.717, 1.165) is 24.3 Å². The second kappa shape index (κ2) is 16.7. The van der Waals surface area contributed by atoms with Gasteiger partial charge in [-0.2, -0.15) is 0 Å². The number of methoxy groups -OCH3 is 1. The minimum Gasteiger partial charge on any atom is -0.496 e. The highest BCUT2D eigenvalue weighted by molar-refractivity contribution is 8.05. The van der Waals surface area contributed by atoms with Gasteiger partial charge in [0.2, 0.25) is 11.8 Å². The van der Waals surface area contributed by atoms with Crippen molar-refractivity contribution in [2.75, 3.05) is 31.8 Å². The summed E-state index contributed by atoms with van der Waals surface area (Å²) in [5, 5.41) is 0.162. The van der Waals surface area contributed by atoms with E-state index in [1.165, 1.54) is 59.8 Å². The minimum atomic E-state index is -4.93. The lowest BCUT2D eigenvalue weighted by Gasteiger charge is -2.54. The number of ether oxygens (including phenoxy) is 5. The van der Waals surface area contributed by atoms with Gasteiger partial charge in [-0.1, -0.05) is 48.0 Å². The second-order valence-electron chi connectivity index (χ2n) is 12.5. The van der Waals surface area contributed by atoms with Crippen molar-refractivity contribution in [2.45, 2.75) is 49.4 Å². The first-order valence-electron chi connectivity index (χ1n) is 17.4. The summed E-state index contributed by atoms with van der Waals surface area (Å²) in [7, 11) is 1.43. The van der Waals surface area contributed by atoms with Gasteiger partial charge in [-0.25, -0.2) is 0 Å². The summed E-state index contributed by atoms with van der Waals surface area (Å²) in [6.07, 6.45) is -9.86. The van der Waals surface area contributed by atoms with E-state index in [1.54, 1.807) is 55.1 Å². The van der Waals surface area contributed by atoms with E-state index in [-0.39, 0.29) is 48.6 Å². The van der Waals surface area contributed by atoms with Gasteiger partial charge in [0, 0.05) is 13.1 Å². The Morgan fingerprint density at radius 3 is 1.44 bits per heavy atom. The van der Waals surface area contributed by atoms with Gasteiger partial charge in [0.1, 0.15) is 28.7 Å². The van der Waals surface area contributed by atoms with E-state index >= 15 is 0 Å². The highest BCUT2D eigenvalue weighted by Crippen LogP contribution is 2.70. The smallest absolute Gasteiger partial charge is 0.496 e. The Morgan fingerprint density at radius 1 is 0.632 bits per heavy atom. The molecule has 2 amide bonds. The molecule has 0 radical (unpaired) electrons. The summed E-state index contributed by atoms with van der Waals surface area (Å²) < 4.78 is 105. The van der Waals surface area contributed by atoms with Crippen molar-refractivity contribution in [1.29, 1.82) is 0 Å². The normalized spacial score (nSPS) is 19.9. The van der Waals surface area contributed by atoms with Crippen LogP contribution in [0.3, 0.4) is 0 Å². The van der Waals surface area contributed by atoms with Crippen LogP contribution in [0.1, 0.15) is 36.1 Å². The third-order valence-corrected chi connectivity index (χ3v) is 12.6. The van der Waals surface area contributed by atoms with Crippen molar-refractivity contribution in [3.8, 4) is 28.7 Å². The summed E-state index contributed by atoms with van der Waals surface area (Å²) in [6, 6.07) is 20.2. The van der Waals surface area contributed by atoms with Crippen LogP contribution >= 0.6 is 35.1 Å². The molecule has 2 aliphatic rings. The zero-order valence-corrected chi connectivity index (χ0v) is 32.9. The lowest BCUT2D eigenvalue weighted by molar-refractivity contribution is -0.275. The maximum Gasteiger partial charge on any atom is 0.573 e. The number of nitrogens with zero attached hydrogens (tertiary/aromatic N) is 2. The Kier molecular flexibility index (Phi) is 12.3. The van der Waals surface area contributed by atoms with Crippen molar-refractivity contribution >= 4 is 46.9 Å². The molecule has 2 unspecified atom stereocenters. The molecule has 2 heterocycles. The molecule has 4 aromatic carbocycles. The first kappa shape index (κ1) is 42.0. The van der Waals surface area contributed by atoms with Crippen LogP contribution in [0.2, 0.25) is 5.02 Å². The number of thioether (sulfide) groups is 2. The van der Waals surface area contributed by atoms with Gasteiger partial charge in [-0.05, 0) is 73.5 Å². The molecule has 0 spiro atoms. The summed E-state index contributed by atoms with van der Waals surface area (Å²) in [4.78, 5) is 28.8. The average Bonchev–Trinajstić information content (AvgIpc) is 3.65. The molecule has 2 saturated heterocycles. The zero-order chi connectivity index (χ0) is 41.2. The molecule has 6 rings (SSSR count). The van der Waals surface area contributed by atoms with Crippen molar-refractivity contribution in [1.82, 2.24) is 9.80 Å². The monoisotopic (exact) mass is 856 g/mol. The molecular weight excluding hydrogens is 822 g/mol. The van der Waals surface area contributed by atoms with E-state index in [2.05, 4.69) is 9.47 Å². The number of halogens is 7. The largest absolute Gasteiger partial charge is 0.573 e. The Morgan fingerprint density at radius 2 is 1.04 bits per heavy atom. The fourth-order valence-electron chi connectivity index (χ4n) is 7.07. The standard InChI is InChI=1S/C39H35ClF6N2O7S2/c1-4-52-30-10-7-11-31(53-5-2)35(30)37(48(33(50)23-57-37)21-25-14-18-27(19-15-25)55-39(44,45)46)36(34-28(40)8-6-9-29(34)51-3)47(32(49)22-56-36)20-24-12-16-26(17-13-24)54-38(41,42)43/h6-19H,4-5,20-23H2,1-3H3. The molecular formula is C39H35ClF6N2O7S2. The minimum absolute atomic E-state index is 0.137. The molecule has 18 heteroatoms. The Hall–Kier alpha value is -4.61. The van der Waals surface area contributed by atoms with Gasteiger partial charge in [-0.15, -0.1) is 49.9 Å². The van der Waals surface area contributed by atoms with Gasteiger partial charge in [0.25, 0.3) is 0 Å². The molecule has 304 valence electrons. The maximum absolute atomic E-state index is 14.6. The van der Waals surface area contributed by atoms with Crippen LogP contribution in [0.4, 0.5) is 26.3 Å². The van der Waals surface area contributed by atoms with E-state index in [0.29, 0.717) is 33.8 Å². The number of alkyl halides is 6. The molecule has 0 N–H and O–H groups in total. The maximum atomic E-state index is 14.6. The van der Waals surface area contributed by atoms with Crippen LogP contribution in [0.15, 0.2) is 84.9 Å². The summed E-state index contributed by atoms with van der Waals surface area (Å²) in [6.45, 7) is 3.54. The zero-order valence-electron chi connectivity index (χ0n) is 30.5. The van der Waals surface area contributed by atoms with Crippen LogP contribution < -0.4 is 23.7 Å². The van der Waals surface area contributed by atoms with Gasteiger partial charge in [0.15, 0.2) is 9.74 Å². The number of carbonyl (C=O) groups excluding carboxylic acids is 2. The van der Waals surface area contributed by atoms with Gasteiger partial charge >= 0.3 is 12.7 Å². The molecule has 2 aliphatic heterocycles. The first-order valence-corrected chi connectivity index (χ1v) is 19.7. The second-order valence-corrected chi connectivity index (χ2v) is 15.3. The lowest BCUT2D eigenvalue weighted by atomic mass is 9.86. The molecule has 0 bridgehead atoms. The van der Waals surface area contributed by atoms with E-state index in [4.69, 9.17) is 25.8 Å². The Labute approximate surface area is 337 Å². The van der Waals surface area contributed by atoms with Gasteiger partial charge in [-0.3, -0.25) is 9.59 Å². The fourth-order valence-corrected chi connectivity index (χ4v) is 10.9. The SMILES string of the molecule is CCOc1cccc(OCC)c1C1(C2(c3c(Cl)cccc3OC)SCC(=O)N2Cc2ccc(OC(F)(F)F)cc2)SCC(=O)N1Cc1ccc(OC(F)(F)F)cc1. The molecule has 2 atom stereocenters. The highest BCUT2D eigenvalue weighted by Gasteiger charge is 2.71. The number of benzene rings is 4. The molecule has 0 saturated carbocycles. The number of carbonyl (C=O) groups is 2. The molecule has 0 aromatic heterocycles. The predicted octanol–water partition coefficient (Wildman–Crippen LogP) is 9.50. The van der Waals surface area contributed by atoms with Crippen LogP contribution in [-0.4, -0.2) is 66.2 Å². The summed E-state index contributed by atoms with van der Waals surface area (Å²) in [5.74, 6) is -1.14. The summed E-state index contributed by atoms with van der Waals surface area (Å²) >= 11 is 9.54. The van der Waals surface area contributed by atoms with Crippen molar-refractivity contribution < 1.29 is 59.6 Å². The van der Waals surface area contributed by atoms with Crippen LogP contribution in [0.5, 0.6) is 28.7 Å². The van der Waals surface area contributed by atoms with Gasteiger partial charge < -0.3 is 33.5 Å². The third kappa shape index (κ3) is 8.37. The van der Waals surface area contributed by atoms with Crippen LogP contribution in [0.25, 0.3) is 0 Å². The van der Waals surface area contributed by atoms with Crippen LogP contribution in [-0.2, 0) is 32.4 Å². The highest BCUT2D eigenvalue weighted by atomic mass is 35.5. The first-order chi connectivity index (χ1) is 27.1. The Balaban J connectivity index is 1.67. The van der Waals surface area contributed by atoms with Crippen molar-refractivity contribution in [3.63, 3.8) is 0 Å². The number of hydrogen-bond acceptors (Lipinski definition) is 9.